The number of rotatable bonds is 6. The van der Waals surface area contributed by atoms with Crippen LogP contribution in [0.4, 0.5) is 5.69 Å². The maximum atomic E-state index is 13.1. The topological polar surface area (TPSA) is 102 Å². The lowest BCUT2D eigenvalue weighted by atomic mass is 9.81. The normalized spacial score (nSPS) is 16.8. The molecule has 0 spiro atoms. The van der Waals surface area contributed by atoms with E-state index in [9.17, 15) is 19.2 Å². The molecule has 0 aromatic heterocycles. The number of hydrogen-bond acceptors (Lipinski definition) is 6. The van der Waals surface area contributed by atoms with Crippen LogP contribution in [0.1, 0.15) is 70.1 Å². The van der Waals surface area contributed by atoms with E-state index < -0.39 is 29.2 Å². The quantitative estimate of drug-likeness (QED) is 0.534. The minimum absolute atomic E-state index is 0.150. The first-order valence-electron chi connectivity index (χ1n) is 11.1. The van der Waals surface area contributed by atoms with Gasteiger partial charge in [0.05, 0.1) is 30.5 Å². The highest BCUT2D eigenvalue weighted by molar-refractivity contribution is 6.34. The molecule has 33 heavy (non-hydrogen) atoms. The molecule has 2 aromatic rings. The number of imide groups is 1. The van der Waals surface area contributed by atoms with Gasteiger partial charge in [-0.2, -0.15) is 0 Å². The van der Waals surface area contributed by atoms with Crippen molar-refractivity contribution in [1.82, 2.24) is 5.32 Å². The molecule has 8 heteroatoms. The second kappa shape index (κ2) is 9.05. The monoisotopic (exact) mass is 450 g/mol. The number of benzene rings is 2. The number of carbonyl (C=O) groups excluding carboxylic acids is 4. The first-order valence-corrected chi connectivity index (χ1v) is 11.1. The molecule has 1 aliphatic heterocycles. The Kier molecular flexibility index (Phi) is 6.18. The lowest BCUT2D eigenvalue weighted by Gasteiger charge is -2.35. The summed E-state index contributed by atoms with van der Waals surface area (Å²) < 4.78 is 10.4. The Hall–Kier alpha value is -3.68. The second-order valence-corrected chi connectivity index (χ2v) is 8.22. The van der Waals surface area contributed by atoms with Gasteiger partial charge >= 0.3 is 5.97 Å². The van der Waals surface area contributed by atoms with Crippen molar-refractivity contribution in [2.75, 3.05) is 18.6 Å². The van der Waals surface area contributed by atoms with Gasteiger partial charge in [-0.3, -0.25) is 14.4 Å². The van der Waals surface area contributed by atoms with Gasteiger partial charge in [0.25, 0.3) is 17.7 Å². The van der Waals surface area contributed by atoms with Crippen LogP contribution in [0.15, 0.2) is 42.5 Å². The Morgan fingerprint density at radius 1 is 0.970 bits per heavy atom. The van der Waals surface area contributed by atoms with Crippen LogP contribution in [0.2, 0.25) is 0 Å². The van der Waals surface area contributed by atoms with E-state index >= 15 is 0 Å². The minimum atomic E-state index is -1.07. The van der Waals surface area contributed by atoms with Crippen molar-refractivity contribution < 1.29 is 28.7 Å². The zero-order valence-electron chi connectivity index (χ0n) is 18.7. The number of nitrogens with one attached hydrogen (secondary N) is 1. The molecular weight excluding hydrogens is 424 g/mol. The predicted octanol–water partition coefficient (Wildman–Crippen LogP) is 3.49. The number of hydrogen-bond donors (Lipinski definition) is 1. The van der Waals surface area contributed by atoms with Crippen LogP contribution in [0.3, 0.4) is 0 Å². The van der Waals surface area contributed by atoms with Crippen molar-refractivity contribution in [3.63, 3.8) is 0 Å². The summed E-state index contributed by atoms with van der Waals surface area (Å²) in [4.78, 5) is 52.5. The summed E-state index contributed by atoms with van der Waals surface area (Å²) in [6.45, 7) is 2.38. The van der Waals surface area contributed by atoms with E-state index in [4.69, 9.17) is 9.47 Å². The highest BCUT2D eigenvalue weighted by Crippen LogP contribution is 2.32. The molecule has 0 unspecified atom stereocenters. The summed E-state index contributed by atoms with van der Waals surface area (Å²) in [7, 11) is 1.31. The number of nitrogens with zero attached hydrogens (tertiary/aromatic N) is 1. The lowest BCUT2D eigenvalue weighted by Crippen LogP contribution is -2.56. The van der Waals surface area contributed by atoms with Crippen LogP contribution in [0.5, 0.6) is 5.75 Å². The van der Waals surface area contributed by atoms with Crippen LogP contribution in [0.25, 0.3) is 0 Å². The van der Waals surface area contributed by atoms with Crippen molar-refractivity contribution in [2.24, 2.45) is 0 Å². The fraction of sp³-hybridized carbons (Fsp3) is 0.360. The van der Waals surface area contributed by atoms with Crippen LogP contribution in [-0.4, -0.2) is 42.9 Å². The van der Waals surface area contributed by atoms with E-state index in [1.54, 1.807) is 24.3 Å². The molecule has 3 amide bonds. The third-order valence-corrected chi connectivity index (χ3v) is 6.19. The average Bonchev–Trinajstić information content (AvgIpc) is 3.09. The van der Waals surface area contributed by atoms with E-state index in [1.807, 2.05) is 6.92 Å². The molecule has 1 saturated carbocycles. The average molecular weight is 450 g/mol. The van der Waals surface area contributed by atoms with Gasteiger partial charge in [-0.05, 0) is 62.2 Å². The Bertz CT molecular complexity index is 1100. The third kappa shape index (κ3) is 4.08. The van der Waals surface area contributed by atoms with Crippen LogP contribution >= 0.6 is 0 Å². The Morgan fingerprint density at radius 3 is 2.27 bits per heavy atom. The van der Waals surface area contributed by atoms with E-state index in [-0.39, 0.29) is 16.7 Å². The molecule has 0 radical (unpaired) electrons. The van der Waals surface area contributed by atoms with Gasteiger partial charge in [-0.15, -0.1) is 0 Å². The minimum Gasteiger partial charge on any atom is -0.494 e. The van der Waals surface area contributed by atoms with Crippen molar-refractivity contribution in [2.45, 2.75) is 44.6 Å². The van der Waals surface area contributed by atoms with Gasteiger partial charge in [0.2, 0.25) is 0 Å². The van der Waals surface area contributed by atoms with E-state index in [2.05, 4.69) is 5.32 Å². The fourth-order valence-electron chi connectivity index (χ4n) is 4.50. The van der Waals surface area contributed by atoms with E-state index in [0.717, 1.165) is 24.2 Å². The van der Waals surface area contributed by atoms with Crippen molar-refractivity contribution in [3.05, 3.63) is 59.2 Å². The maximum Gasteiger partial charge on any atom is 0.331 e. The van der Waals surface area contributed by atoms with Gasteiger partial charge in [0.1, 0.15) is 11.3 Å². The van der Waals surface area contributed by atoms with Gasteiger partial charge in [0.15, 0.2) is 0 Å². The number of esters is 1. The predicted molar refractivity (Wildman–Crippen MR) is 120 cm³/mol. The van der Waals surface area contributed by atoms with Crippen molar-refractivity contribution in [3.8, 4) is 5.75 Å². The third-order valence-electron chi connectivity index (χ3n) is 6.19. The fourth-order valence-corrected chi connectivity index (χ4v) is 4.50. The summed E-state index contributed by atoms with van der Waals surface area (Å²) in [6, 6.07) is 11.1. The molecule has 2 aliphatic rings. The summed E-state index contributed by atoms with van der Waals surface area (Å²) in [5.41, 5.74) is -0.0695. The molecule has 1 aliphatic carbocycles. The molecule has 0 saturated heterocycles. The van der Waals surface area contributed by atoms with Crippen molar-refractivity contribution >= 4 is 29.4 Å². The van der Waals surface area contributed by atoms with Gasteiger partial charge in [-0.25, -0.2) is 9.69 Å². The van der Waals surface area contributed by atoms with E-state index in [1.165, 1.54) is 25.3 Å². The molecule has 4 rings (SSSR count). The zero-order chi connectivity index (χ0) is 23.6. The van der Waals surface area contributed by atoms with E-state index in [0.29, 0.717) is 30.9 Å². The highest BCUT2D eigenvalue weighted by atomic mass is 16.5. The summed E-state index contributed by atoms with van der Waals surface area (Å²) in [6.07, 6.45) is 3.61. The Labute approximate surface area is 191 Å². The lowest BCUT2D eigenvalue weighted by molar-refractivity contribution is -0.149. The number of anilines is 1. The first-order chi connectivity index (χ1) is 15.9. The number of ether oxygens (including phenoxy) is 2. The van der Waals surface area contributed by atoms with Crippen molar-refractivity contribution in [1.29, 1.82) is 0 Å². The molecule has 2 aromatic carbocycles. The number of amides is 3. The zero-order valence-corrected chi connectivity index (χ0v) is 18.7. The van der Waals surface area contributed by atoms with Crippen LogP contribution < -0.4 is 15.0 Å². The Balaban J connectivity index is 1.58. The summed E-state index contributed by atoms with van der Waals surface area (Å²) >= 11 is 0. The molecular formula is C25H26N2O6. The second-order valence-electron chi connectivity index (χ2n) is 8.22. The smallest absolute Gasteiger partial charge is 0.331 e. The number of fused-ring (bicyclic) bond motifs is 1. The van der Waals surface area contributed by atoms with Crippen LogP contribution in [0, 0.1) is 0 Å². The molecule has 0 bridgehead atoms. The molecule has 1 heterocycles. The first kappa shape index (κ1) is 22.5. The summed E-state index contributed by atoms with van der Waals surface area (Å²) in [5, 5.41) is 2.84. The van der Waals surface area contributed by atoms with Gasteiger partial charge < -0.3 is 14.8 Å². The molecule has 1 N–H and O–H groups in total. The molecule has 1 fully saturated rings. The Morgan fingerprint density at radius 2 is 1.64 bits per heavy atom. The molecule has 0 atom stereocenters. The molecule has 172 valence electrons. The maximum absolute atomic E-state index is 13.1. The van der Waals surface area contributed by atoms with Crippen LogP contribution in [-0.2, 0) is 9.53 Å². The molecule has 8 nitrogen and oxygen atoms in total. The van der Waals surface area contributed by atoms with Gasteiger partial charge in [0, 0.05) is 5.56 Å². The standard InChI is InChI=1S/C25H26N2O6/c1-3-33-18-10-8-17(9-11-18)27-22(29)19-12-7-16(15-20(19)23(27)30)21(28)26-25(24(31)32-2)13-5-4-6-14-25/h7-12,15H,3-6,13-14H2,1-2H3,(H,26,28). The largest absolute Gasteiger partial charge is 0.494 e. The number of methoxy groups -OCH3 is 1. The highest BCUT2D eigenvalue weighted by Gasteiger charge is 2.43. The SMILES string of the molecule is CCOc1ccc(N2C(=O)c3ccc(C(=O)NC4(C(=O)OC)CCCCC4)cc3C2=O)cc1. The summed E-state index contributed by atoms with van der Waals surface area (Å²) in [5.74, 6) is -1.27. The van der Waals surface area contributed by atoms with Gasteiger partial charge in [-0.1, -0.05) is 19.3 Å². The number of carbonyl (C=O) groups is 4.